The molecule has 2 amide bonds. The summed E-state index contributed by atoms with van der Waals surface area (Å²) in [7, 11) is 2.07. The molecule has 6 rings (SSSR count). The number of rotatable bonds is 6. The predicted octanol–water partition coefficient (Wildman–Crippen LogP) is 4.44. The van der Waals surface area contributed by atoms with Crippen LogP contribution in [-0.2, 0) is 17.8 Å². The van der Waals surface area contributed by atoms with Gasteiger partial charge in [0.05, 0.1) is 6.04 Å². The van der Waals surface area contributed by atoms with E-state index in [-0.39, 0.29) is 30.4 Å². The maximum absolute atomic E-state index is 13.3. The van der Waals surface area contributed by atoms with E-state index in [1.807, 2.05) is 17.0 Å². The zero-order valence-corrected chi connectivity index (χ0v) is 22.2. The van der Waals surface area contributed by atoms with E-state index in [2.05, 4.69) is 60.2 Å². The fourth-order valence-electron chi connectivity index (χ4n) is 5.48. The summed E-state index contributed by atoms with van der Waals surface area (Å²) in [6.07, 6.45) is 2.83. The average Bonchev–Trinajstić information content (AvgIpc) is 3.68. The average molecular weight is 514 g/mol. The highest BCUT2D eigenvalue weighted by Gasteiger charge is 2.39. The van der Waals surface area contributed by atoms with E-state index in [4.69, 9.17) is 9.15 Å². The number of ether oxygens (including phenoxy) is 1. The summed E-state index contributed by atoms with van der Waals surface area (Å²) in [6.45, 7) is 6.20. The molecule has 3 aromatic rings. The zero-order valence-electron chi connectivity index (χ0n) is 22.2. The standard InChI is InChI=1S/C31H35N3O4/c1-21-3-5-23(6-4-21)29-27-19-25(10-9-22(27)13-14-34(29)30(35)24-7-8-24)37-20-26-11-12-28(38-26)31(36)33-17-15-32(2)16-18-33/h3-6,9-12,19,24,29H,7-8,13-18,20H2,1-2H3/t29-/m0/s1. The number of fused-ring (bicyclic) bond motifs is 1. The second-order valence-electron chi connectivity index (χ2n) is 10.9. The van der Waals surface area contributed by atoms with Crippen LogP contribution in [0.4, 0.5) is 0 Å². The van der Waals surface area contributed by atoms with E-state index in [1.54, 1.807) is 6.07 Å². The Balaban J connectivity index is 1.19. The zero-order chi connectivity index (χ0) is 26.2. The third-order valence-electron chi connectivity index (χ3n) is 7.99. The summed E-state index contributed by atoms with van der Waals surface area (Å²) in [5.41, 5.74) is 4.70. The monoisotopic (exact) mass is 513 g/mol. The Bertz CT molecular complexity index is 1320. The number of carbonyl (C=O) groups excluding carboxylic acids is 2. The van der Waals surface area contributed by atoms with Gasteiger partial charge in [-0.15, -0.1) is 0 Å². The van der Waals surface area contributed by atoms with Crippen molar-refractivity contribution in [2.24, 2.45) is 5.92 Å². The molecular formula is C31H35N3O4. The van der Waals surface area contributed by atoms with Crippen LogP contribution in [0.5, 0.6) is 5.75 Å². The Labute approximate surface area is 224 Å². The largest absolute Gasteiger partial charge is 0.486 e. The smallest absolute Gasteiger partial charge is 0.289 e. The number of benzene rings is 2. The fourth-order valence-corrected chi connectivity index (χ4v) is 5.48. The van der Waals surface area contributed by atoms with Crippen LogP contribution >= 0.6 is 0 Å². The Morgan fingerprint density at radius 1 is 0.947 bits per heavy atom. The molecule has 1 aliphatic carbocycles. The number of carbonyl (C=O) groups is 2. The fraction of sp³-hybridized carbons (Fsp3) is 0.419. The summed E-state index contributed by atoms with van der Waals surface area (Å²) < 4.78 is 12.0. The third-order valence-corrected chi connectivity index (χ3v) is 7.99. The molecule has 1 aromatic heterocycles. The van der Waals surface area contributed by atoms with Gasteiger partial charge in [0, 0.05) is 38.6 Å². The van der Waals surface area contributed by atoms with Crippen molar-refractivity contribution in [1.29, 1.82) is 0 Å². The lowest BCUT2D eigenvalue weighted by Crippen LogP contribution is -2.47. The number of hydrogen-bond donors (Lipinski definition) is 0. The minimum absolute atomic E-state index is 0.0699. The molecule has 38 heavy (non-hydrogen) atoms. The highest BCUT2D eigenvalue weighted by atomic mass is 16.5. The lowest BCUT2D eigenvalue weighted by molar-refractivity contribution is -0.134. The molecule has 1 saturated heterocycles. The number of aryl methyl sites for hydroxylation is 1. The number of piperazine rings is 1. The van der Waals surface area contributed by atoms with Gasteiger partial charge >= 0.3 is 0 Å². The quantitative estimate of drug-likeness (QED) is 0.488. The molecule has 2 aliphatic heterocycles. The lowest BCUT2D eigenvalue weighted by atomic mass is 9.87. The van der Waals surface area contributed by atoms with Crippen LogP contribution in [-0.4, -0.2) is 66.3 Å². The molecule has 0 unspecified atom stereocenters. The molecule has 0 bridgehead atoms. The third kappa shape index (κ3) is 5.07. The first-order valence-electron chi connectivity index (χ1n) is 13.7. The van der Waals surface area contributed by atoms with Crippen molar-refractivity contribution >= 4 is 11.8 Å². The number of hydrogen-bond acceptors (Lipinski definition) is 5. The highest BCUT2D eigenvalue weighted by molar-refractivity contribution is 5.91. The molecule has 0 radical (unpaired) electrons. The molecule has 2 fully saturated rings. The SMILES string of the molecule is Cc1ccc([C@H]2c3cc(OCc4ccc(C(=O)N5CCN(C)CC5)o4)ccc3CCN2C(=O)C2CC2)cc1. The number of nitrogens with zero attached hydrogens (tertiary/aromatic N) is 3. The lowest BCUT2D eigenvalue weighted by Gasteiger charge is -2.38. The molecule has 7 heteroatoms. The molecule has 1 saturated carbocycles. The maximum Gasteiger partial charge on any atom is 0.289 e. The molecule has 7 nitrogen and oxygen atoms in total. The summed E-state index contributed by atoms with van der Waals surface area (Å²) in [5, 5.41) is 0. The molecule has 0 N–H and O–H groups in total. The second-order valence-corrected chi connectivity index (χ2v) is 10.9. The van der Waals surface area contributed by atoms with Crippen LogP contribution in [0.25, 0.3) is 0 Å². The van der Waals surface area contributed by atoms with Crippen LogP contribution in [0, 0.1) is 12.8 Å². The Hall–Kier alpha value is -3.58. The minimum atomic E-state index is -0.118. The van der Waals surface area contributed by atoms with Crippen LogP contribution in [0.3, 0.4) is 0 Å². The summed E-state index contributed by atoms with van der Waals surface area (Å²) in [6, 6.07) is 18.1. The van der Waals surface area contributed by atoms with Crippen molar-refractivity contribution in [3.05, 3.63) is 88.4 Å². The molecule has 3 heterocycles. The van der Waals surface area contributed by atoms with Gasteiger partial charge in [0.2, 0.25) is 5.91 Å². The van der Waals surface area contributed by atoms with Gasteiger partial charge in [0.1, 0.15) is 18.1 Å². The van der Waals surface area contributed by atoms with Crippen LogP contribution in [0.1, 0.15) is 57.5 Å². The second kappa shape index (κ2) is 10.3. The summed E-state index contributed by atoms with van der Waals surface area (Å²) >= 11 is 0. The molecule has 2 aromatic carbocycles. The van der Waals surface area contributed by atoms with Crippen molar-refractivity contribution in [2.75, 3.05) is 39.8 Å². The van der Waals surface area contributed by atoms with Gasteiger partial charge < -0.3 is 23.9 Å². The maximum atomic E-state index is 13.3. The van der Waals surface area contributed by atoms with Crippen molar-refractivity contribution in [3.8, 4) is 5.75 Å². The Morgan fingerprint density at radius 3 is 2.45 bits per heavy atom. The van der Waals surface area contributed by atoms with Gasteiger partial charge in [0.25, 0.3) is 5.91 Å². The van der Waals surface area contributed by atoms with Crippen molar-refractivity contribution in [3.63, 3.8) is 0 Å². The number of furan rings is 1. The normalized spacial score (nSPS) is 19.8. The van der Waals surface area contributed by atoms with E-state index < -0.39 is 0 Å². The van der Waals surface area contributed by atoms with Crippen molar-refractivity contribution in [1.82, 2.24) is 14.7 Å². The van der Waals surface area contributed by atoms with E-state index in [9.17, 15) is 9.59 Å². The molecule has 0 spiro atoms. The van der Waals surface area contributed by atoms with E-state index in [1.165, 1.54) is 11.1 Å². The minimum Gasteiger partial charge on any atom is -0.486 e. The van der Waals surface area contributed by atoms with Gasteiger partial charge in [-0.2, -0.15) is 0 Å². The molecule has 3 aliphatic rings. The Morgan fingerprint density at radius 2 is 1.71 bits per heavy atom. The molecular weight excluding hydrogens is 478 g/mol. The van der Waals surface area contributed by atoms with E-state index in [0.29, 0.717) is 24.6 Å². The topological polar surface area (TPSA) is 66.2 Å². The van der Waals surface area contributed by atoms with Crippen LogP contribution in [0.15, 0.2) is 59.0 Å². The summed E-state index contributed by atoms with van der Waals surface area (Å²) in [4.78, 5) is 32.2. The Kier molecular flexibility index (Phi) is 6.70. The molecule has 1 atom stereocenters. The van der Waals surface area contributed by atoms with Gasteiger partial charge in [-0.25, -0.2) is 0 Å². The van der Waals surface area contributed by atoms with Crippen LogP contribution in [0.2, 0.25) is 0 Å². The van der Waals surface area contributed by atoms with Crippen LogP contribution < -0.4 is 4.74 Å². The first-order valence-corrected chi connectivity index (χ1v) is 13.7. The predicted molar refractivity (Wildman–Crippen MR) is 144 cm³/mol. The van der Waals surface area contributed by atoms with Gasteiger partial charge in [0.15, 0.2) is 5.76 Å². The van der Waals surface area contributed by atoms with Crippen molar-refractivity contribution < 1.29 is 18.7 Å². The number of amides is 2. The van der Waals surface area contributed by atoms with Gasteiger partial charge in [-0.1, -0.05) is 35.9 Å². The first-order chi connectivity index (χ1) is 18.5. The van der Waals surface area contributed by atoms with E-state index >= 15 is 0 Å². The van der Waals surface area contributed by atoms with E-state index in [0.717, 1.165) is 55.8 Å². The van der Waals surface area contributed by atoms with Gasteiger partial charge in [-0.05, 0) is 74.2 Å². The molecule has 198 valence electrons. The number of likely N-dealkylation sites (N-methyl/N-ethyl adjacent to an activating group) is 1. The van der Waals surface area contributed by atoms with Gasteiger partial charge in [-0.3, -0.25) is 9.59 Å². The highest BCUT2D eigenvalue weighted by Crippen LogP contribution is 2.41. The first kappa shape index (κ1) is 24.7. The van der Waals surface area contributed by atoms with Crippen molar-refractivity contribution in [2.45, 2.75) is 38.8 Å². The summed E-state index contributed by atoms with van der Waals surface area (Å²) in [5.74, 6) is 2.06.